The lowest BCUT2D eigenvalue weighted by Crippen LogP contribution is -2.52. The summed E-state index contributed by atoms with van der Waals surface area (Å²) in [6, 6.07) is 7.25. The van der Waals surface area contributed by atoms with E-state index in [9.17, 15) is 14.7 Å². The summed E-state index contributed by atoms with van der Waals surface area (Å²) < 4.78 is 5.19. The molecular weight excluding hydrogens is 258 g/mol. The van der Waals surface area contributed by atoms with Gasteiger partial charge in [-0.2, -0.15) is 0 Å². The molecule has 1 aliphatic rings. The van der Waals surface area contributed by atoms with E-state index in [1.54, 1.807) is 19.2 Å². The van der Waals surface area contributed by atoms with Gasteiger partial charge >= 0.3 is 5.97 Å². The van der Waals surface area contributed by atoms with Gasteiger partial charge in [0.2, 0.25) is 5.91 Å². The molecule has 1 aromatic rings. The fourth-order valence-electron chi connectivity index (χ4n) is 2.70. The first-order valence-electron chi connectivity index (χ1n) is 6.74. The summed E-state index contributed by atoms with van der Waals surface area (Å²) >= 11 is 0. The van der Waals surface area contributed by atoms with E-state index in [1.807, 2.05) is 12.1 Å². The third-order valence-corrected chi connectivity index (χ3v) is 3.79. The van der Waals surface area contributed by atoms with Crippen molar-refractivity contribution in [1.29, 1.82) is 0 Å². The number of carboxylic acids is 1. The molecule has 5 heteroatoms. The van der Waals surface area contributed by atoms with Crippen LogP contribution in [0.1, 0.15) is 31.2 Å². The van der Waals surface area contributed by atoms with Gasteiger partial charge in [0.25, 0.3) is 0 Å². The van der Waals surface area contributed by atoms with Crippen LogP contribution in [0.2, 0.25) is 0 Å². The van der Waals surface area contributed by atoms with Gasteiger partial charge in [0.15, 0.2) is 0 Å². The molecule has 5 nitrogen and oxygen atoms in total. The second kappa shape index (κ2) is 5.94. The molecule has 20 heavy (non-hydrogen) atoms. The Labute approximate surface area is 117 Å². The van der Waals surface area contributed by atoms with E-state index in [0.29, 0.717) is 18.6 Å². The summed E-state index contributed by atoms with van der Waals surface area (Å²) in [5.41, 5.74) is -0.329. The average molecular weight is 277 g/mol. The predicted octanol–water partition coefficient (Wildman–Crippen LogP) is 1.75. The van der Waals surface area contributed by atoms with E-state index < -0.39 is 11.5 Å². The Balaban J connectivity index is 2.07. The van der Waals surface area contributed by atoms with Gasteiger partial charge in [0.1, 0.15) is 11.3 Å². The summed E-state index contributed by atoms with van der Waals surface area (Å²) in [4.78, 5) is 23.5. The van der Waals surface area contributed by atoms with Crippen LogP contribution in [0, 0.1) is 0 Å². The van der Waals surface area contributed by atoms with Crippen LogP contribution in [0.5, 0.6) is 5.75 Å². The van der Waals surface area contributed by atoms with Crippen LogP contribution >= 0.6 is 0 Å². The number of amides is 1. The number of nitrogens with one attached hydrogen (secondary N) is 1. The van der Waals surface area contributed by atoms with Crippen molar-refractivity contribution in [2.45, 2.75) is 37.6 Å². The lowest BCUT2D eigenvalue weighted by atomic mass is 9.97. The van der Waals surface area contributed by atoms with Crippen molar-refractivity contribution in [3.05, 3.63) is 29.8 Å². The van der Waals surface area contributed by atoms with E-state index in [0.717, 1.165) is 18.4 Å². The van der Waals surface area contributed by atoms with Gasteiger partial charge < -0.3 is 15.2 Å². The molecule has 2 rings (SSSR count). The van der Waals surface area contributed by atoms with Crippen LogP contribution in [0.15, 0.2) is 24.3 Å². The highest BCUT2D eigenvalue weighted by Gasteiger charge is 2.42. The summed E-state index contributed by atoms with van der Waals surface area (Å²) in [6.07, 6.45) is 2.79. The van der Waals surface area contributed by atoms with E-state index in [-0.39, 0.29) is 12.3 Å². The molecule has 1 saturated carbocycles. The number of benzene rings is 1. The Morgan fingerprint density at radius 2 is 1.95 bits per heavy atom. The second-order valence-corrected chi connectivity index (χ2v) is 5.13. The third kappa shape index (κ3) is 2.92. The predicted molar refractivity (Wildman–Crippen MR) is 73.7 cm³/mol. The first kappa shape index (κ1) is 14.4. The van der Waals surface area contributed by atoms with E-state index >= 15 is 0 Å². The van der Waals surface area contributed by atoms with E-state index in [1.165, 1.54) is 0 Å². The number of carbonyl (C=O) groups excluding carboxylic acids is 1. The largest absolute Gasteiger partial charge is 0.496 e. The highest BCUT2D eigenvalue weighted by atomic mass is 16.5. The molecule has 108 valence electrons. The molecule has 1 fully saturated rings. The van der Waals surface area contributed by atoms with Crippen LogP contribution in [0.4, 0.5) is 0 Å². The number of carboxylic acid groups (broad SMARTS) is 1. The standard InChI is InChI=1S/C15H19NO4/c1-20-12-7-3-2-6-11(12)10-13(17)16-15(14(18)19)8-4-5-9-15/h2-3,6-7H,4-5,8-10H2,1H3,(H,16,17)(H,18,19). The highest BCUT2D eigenvalue weighted by molar-refractivity contribution is 5.88. The fraction of sp³-hybridized carbons (Fsp3) is 0.467. The van der Waals surface area contributed by atoms with Crippen LogP contribution in [0.25, 0.3) is 0 Å². The zero-order valence-electron chi connectivity index (χ0n) is 11.5. The molecular formula is C15H19NO4. The second-order valence-electron chi connectivity index (χ2n) is 5.13. The molecule has 0 spiro atoms. The Hall–Kier alpha value is -2.04. The van der Waals surface area contributed by atoms with Gasteiger partial charge in [0.05, 0.1) is 13.5 Å². The van der Waals surface area contributed by atoms with Gasteiger partial charge in [0, 0.05) is 5.56 Å². The molecule has 0 aromatic heterocycles. The molecule has 1 aromatic carbocycles. The molecule has 0 atom stereocenters. The van der Waals surface area contributed by atoms with Gasteiger partial charge in [-0.25, -0.2) is 4.79 Å². The lowest BCUT2D eigenvalue weighted by molar-refractivity contribution is -0.147. The Morgan fingerprint density at radius 1 is 1.30 bits per heavy atom. The molecule has 0 bridgehead atoms. The highest BCUT2D eigenvalue weighted by Crippen LogP contribution is 2.30. The summed E-state index contributed by atoms with van der Waals surface area (Å²) in [6.45, 7) is 0. The first-order valence-corrected chi connectivity index (χ1v) is 6.74. The number of rotatable bonds is 5. The van der Waals surface area contributed by atoms with Crippen molar-refractivity contribution in [1.82, 2.24) is 5.32 Å². The molecule has 0 aliphatic heterocycles. The molecule has 0 heterocycles. The lowest BCUT2D eigenvalue weighted by Gasteiger charge is -2.25. The van der Waals surface area contributed by atoms with Crippen molar-refractivity contribution in [2.75, 3.05) is 7.11 Å². The molecule has 0 unspecified atom stereocenters. The van der Waals surface area contributed by atoms with Crippen LogP contribution in [-0.4, -0.2) is 29.6 Å². The minimum absolute atomic E-state index is 0.124. The maximum atomic E-state index is 12.1. The van der Waals surface area contributed by atoms with Gasteiger partial charge in [-0.05, 0) is 18.9 Å². The van der Waals surface area contributed by atoms with Gasteiger partial charge in [-0.1, -0.05) is 31.0 Å². The summed E-state index contributed by atoms with van der Waals surface area (Å²) in [5, 5.41) is 12.0. The average Bonchev–Trinajstić information content (AvgIpc) is 2.89. The van der Waals surface area contributed by atoms with Crippen LogP contribution < -0.4 is 10.1 Å². The van der Waals surface area contributed by atoms with E-state index in [2.05, 4.69) is 5.32 Å². The zero-order chi connectivity index (χ0) is 14.6. The summed E-state index contributed by atoms with van der Waals surface area (Å²) in [5.74, 6) is -0.583. The Kier molecular flexibility index (Phi) is 4.27. The topological polar surface area (TPSA) is 75.6 Å². The van der Waals surface area contributed by atoms with Crippen LogP contribution in [0.3, 0.4) is 0 Å². The quantitative estimate of drug-likeness (QED) is 0.859. The normalized spacial score (nSPS) is 16.6. The number of hydrogen-bond acceptors (Lipinski definition) is 3. The van der Waals surface area contributed by atoms with Crippen molar-refractivity contribution < 1.29 is 19.4 Å². The van der Waals surface area contributed by atoms with Crippen molar-refractivity contribution in [3.8, 4) is 5.75 Å². The fourth-order valence-corrected chi connectivity index (χ4v) is 2.70. The molecule has 0 saturated heterocycles. The van der Waals surface area contributed by atoms with Crippen molar-refractivity contribution in [2.24, 2.45) is 0 Å². The zero-order valence-corrected chi connectivity index (χ0v) is 11.5. The Morgan fingerprint density at radius 3 is 2.55 bits per heavy atom. The van der Waals surface area contributed by atoms with Crippen molar-refractivity contribution in [3.63, 3.8) is 0 Å². The maximum Gasteiger partial charge on any atom is 0.329 e. The monoisotopic (exact) mass is 277 g/mol. The smallest absolute Gasteiger partial charge is 0.329 e. The molecule has 1 aliphatic carbocycles. The van der Waals surface area contributed by atoms with Gasteiger partial charge in [-0.15, -0.1) is 0 Å². The minimum Gasteiger partial charge on any atom is -0.496 e. The number of para-hydroxylation sites is 1. The number of aliphatic carboxylic acids is 1. The van der Waals surface area contributed by atoms with Crippen molar-refractivity contribution >= 4 is 11.9 Å². The maximum absolute atomic E-state index is 12.1. The Bertz CT molecular complexity index is 506. The number of methoxy groups -OCH3 is 1. The molecule has 1 amide bonds. The first-order chi connectivity index (χ1) is 9.57. The van der Waals surface area contributed by atoms with Crippen LogP contribution in [-0.2, 0) is 16.0 Å². The number of carbonyl (C=O) groups is 2. The third-order valence-electron chi connectivity index (χ3n) is 3.79. The van der Waals surface area contributed by atoms with Gasteiger partial charge in [-0.3, -0.25) is 4.79 Å². The number of ether oxygens (including phenoxy) is 1. The molecule has 0 radical (unpaired) electrons. The summed E-state index contributed by atoms with van der Waals surface area (Å²) in [7, 11) is 1.55. The SMILES string of the molecule is COc1ccccc1CC(=O)NC1(C(=O)O)CCCC1. The number of hydrogen-bond donors (Lipinski definition) is 2. The molecule has 2 N–H and O–H groups in total. The minimum atomic E-state index is -1.08. The van der Waals surface area contributed by atoms with E-state index in [4.69, 9.17) is 4.74 Å².